The molecular weight excluding hydrogens is 701 g/mol. The normalized spacial score (nSPS) is 11.4. The van der Waals surface area contributed by atoms with Crippen molar-refractivity contribution in [2.75, 3.05) is 4.90 Å². The Balaban J connectivity index is 0.959. The van der Waals surface area contributed by atoms with Gasteiger partial charge in [-0.05, 0) is 122 Å². The first-order valence-electron chi connectivity index (χ1n) is 19.9. The molecule has 11 aromatic rings. The molecule has 0 aliphatic rings. The van der Waals surface area contributed by atoms with E-state index in [9.17, 15) is 0 Å². The first-order valence-corrected chi connectivity index (χ1v) is 19.9. The fourth-order valence-corrected chi connectivity index (χ4v) is 8.69. The topological polar surface area (TPSA) is 8.17 Å². The van der Waals surface area contributed by atoms with Gasteiger partial charge >= 0.3 is 0 Å². The molecule has 0 spiro atoms. The van der Waals surface area contributed by atoms with Gasteiger partial charge in [0, 0.05) is 33.5 Å². The van der Waals surface area contributed by atoms with Crippen LogP contribution in [0.1, 0.15) is 0 Å². The highest BCUT2D eigenvalue weighted by Crippen LogP contribution is 2.39. The second-order valence-corrected chi connectivity index (χ2v) is 15.0. The molecule has 272 valence electrons. The van der Waals surface area contributed by atoms with Gasteiger partial charge in [-0.3, -0.25) is 0 Å². The summed E-state index contributed by atoms with van der Waals surface area (Å²) in [7, 11) is 0. The van der Waals surface area contributed by atoms with Crippen molar-refractivity contribution in [2.45, 2.75) is 0 Å². The molecule has 2 heteroatoms. The zero-order chi connectivity index (χ0) is 38.4. The van der Waals surface area contributed by atoms with E-state index in [1.54, 1.807) is 0 Å². The number of benzene rings is 10. The van der Waals surface area contributed by atoms with E-state index in [1.165, 1.54) is 76.7 Å². The molecule has 1 aromatic heterocycles. The molecule has 2 nitrogen and oxygen atoms in total. The number of rotatable bonds is 7. The minimum absolute atomic E-state index is 1.09. The highest BCUT2D eigenvalue weighted by atomic mass is 15.1. The molecule has 11 rings (SSSR count). The van der Waals surface area contributed by atoms with Crippen LogP contribution < -0.4 is 4.90 Å². The maximum Gasteiger partial charge on any atom is 0.0541 e. The number of anilines is 3. The largest absolute Gasteiger partial charge is 0.311 e. The van der Waals surface area contributed by atoms with Crippen molar-refractivity contribution < 1.29 is 0 Å². The summed E-state index contributed by atoms with van der Waals surface area (Å²) in [6.45, 7) is 0. The highest BCUT2D eigenvalue weighted by molar-refractivity contribution is 6.09. The summed E-state index contributed by atoms with van der Waals surface area (Å²) in [6.07, 6.45) is 0. The summed E-state index contributed by atoms with van der Waals surface area (Å²) < 4.78 is 2.37. The van der Waals surface area contributed by atoms with Gasteiger partial charge in [0.25, 0.3) is 0 Å². The van der Waals surface area contributed by atoms with Gasteiger partial charge in [-0.15, -0.1) is 0 Å². The highest BCUT2D eigenvalue weighted by Gasteiger charge is 2.16. The third-order valence-corrected chi connectivity index (χ3v) is 11.6. The molecule has 0 saturated heterocycles. The van der Waals surface area contributed by atoms with Gasteiger partial charge in [-0.2, -0.15) is 0 Å². The van der Waals surface area contributed by atoms with Crippen LogP contribution >= 0.6 is 0 Å². The van der Waals surface area contributed by atoms with E-state index in [1.807, 2.05) is 0 Å². The van der Waals surface area contributed by atoms with E-state index < -0.39 is 0 Å². The second kappa shape index (κ2) is 14.1. The number of hydrogen-bond acceptors (Lipinski definition) is 1. The zero-order valence-corrected chi connectivity index (χ0v) is 31.8. The molecule has 0 aliphatic heterocycles. The van der Waals surface area contributed by atoms with Gasteiger partial charge in [0.2, 0.25) is 0 Å². The average Bonchev–Trinajstić information content (AvgIpc) is 3.64. The zero-order valence-electron chi connectivity index (χ0n) is 31.8. The summed E-state index contributed by atoms with van der Waals surface area (Å²) >= 11 is 0. The van der Waals surface area contributed by atoms with E-state index in [4.69, 9.17) is 0 Å². The van der Waals surface area contributed by atoms with Crippen LogP contribution in [-0.4, -0.2) is 4.57 Å². The molecule has 0 fully saturated rings. The van der Waals surface area contributed by atoms with Crippen LogP contribution in [0.5, 0.6) is 0 Å². The molecule has 0 unspecified atom stereocenters. The van der Waals surface area contributed by atoms with Crippen LogP contribution in [0.25, 0.3) is 82.4 Å². The lowest BCUT2D eigenvalue weighted by Gasteiger charge is -2.26. The van der Waals surface area contributed by atoms with Crippen LogP contribution in [-0.2, 0) is 0 Å². The summed E-state index contributed by atoms with van der Waals surface area (Å²) in [5.74, 6) is 0. The summed E-state index contributed by atoms with van der Waals surface area (Å²) in [5.41, 5.74) is 14.1. The molecule has 0 bridgehead atoms. The summed E-state index contributed by atoms with van der Waals surface area (Å²) in [6, 6.07) is 83.6. The predicted molar refractivity (Wildman–Crippen MR) is 247 cm³/mol. The maximum atomic E-state index is 2.37. The van der Waals surface area contributed by atoms with E-state index in [0.717, 1.165) is 22.7 Å². The Morgan fingerprint density at radius 2 is 0.707 bits per heavy atom. The van der Waals surface area contributed by atoms with Crippen molar-refractivity contribution in [3.05, 3.63) is 231 Å². The van der Waals surface area contributed by atoms with E-state index in [2.05, 4.69) is 240 Å². The number of fused-ring (bicyclic) bond motifs is 5. The van der Waals surface area contributed by atoms with Gasteiger partial charge in [-0.1, -0.05) is 164 Å². The standard InChI is InChI=1S/C56H38N2/c1-2-12-45-38-46(25-22-39(45)10-1)42-28-32-48(33-29-42)57(49-34-36-50(37-35-49)58-55-18-7-5-15-53(55)54-16-6-8-19-56(54)58)47-30-26-41(27-31-47)40-20-23-44(24-21-40)52-17-9-13-43-11-3-4-14-51(43)52/h1-38H. The molecule has 1 heterocycles. The molecule has 0 saturated carbocycles. The first-order chi connectivity index (χ1) is 28.7. The molecule has 0 aliphatic carbocycles. The third kappa shape index (κ3) is 5.91. The molecule has 58 heavy (non-hydrogen) atoms. The van der Waals surface area contributed by atoms with Crippen LogP contribution in [0.4, 0.5) is 17.1 Å². The van der Waals surface area contributed by atoms with Gasteiger partial charge in [-0.25, -0.2) is 0 Å². The Hall–Kier alpha value is -7.68. The number of para-hydroxylation sites is 2. The second-order valence-electron chi connectivity index (χ2n) is 15.0. The van der Waals surface area contributed by atoms with Crippen molar-refractivity contribution >= 4 is 60.4 Å². The lowest BCUT2D eigenvalue weighted by molar-refractivity contribution is 1.17. The minimum Gasteiger partial charge on any atom is -0.311 e. The minimum atomic E-state index is 1.09. The quantitative estimate of drug-likeness (QED) is 0.158. The van der Waals surface area contributed by atoms with E-state index in [-0.39, 0.29) is 0 Å². The molecular formula is C56H38N2. The molecule has 0 atom stereocenters. The summed E-state index contributed by atoms with van der Waals surface area (Å²) in [4.78, 5) is 2.35. The van der Waals surface area contributed by atoms with Crippen molar-refractivity contribution in [2.24, 2.45) is 0 Å². The Bertz CT molecular complexity index is 3190. The first kappa shape index (κ1) is 33.6. The monoisotopic (exact) mass is 738 g/mol. The van der Waals surface area contributed by atoms with Crippen LogP contribution in [0.3, 0.4) is 0 Å². The average molecular weight is 739 g/mol. The molecule has 0 N–H and O–H groups in total. The molecule has 0 radical (unpaired) electrons. The van der Waals surface area contributed by atoms with Crippen LogP contribution in [0.15, 0.2) is 231 Å². The van der Waals surface area contributed by atoms with Gasteiger partial charge < -0.3 is 9.47 Å². The van der Waals surface area contributed by atoms with Crippen LogP contribution in [0, 0.1) is 0 Å². The number of nitrogens with zero attached hydrogens (tertiary/aromatic N) is 2. The Morgan fingerprint density at radius 3 is 1.33 bits per heavy atom. The predicted octanol–water partition coefficient (Wildman–Crippen LogP) is 15.6. The number of hydrogen-bond donors (Lipinski definition) is 0. The van der Waals surface area contributed by atoms with Crippen molar-refractivity contribution in [3.63, 3.8) is 0 Å². The Kier molecular flexibility index (Phi) is 8.19. The Labute approximate surface area is 338 Å². The lowest BCUT2D eigenvalue weighted by atomic mass is 9.96. The lowest BCUT2D eigenvalue weighted by Crippen LogP contribution is -2.10. The fraction of sp³-hybridized carbons (Fsp3) is 0. The van der Waals surface area contributed by atoms with Gasteiger partial charge in [0.15, 0.2) is 0 Å². The molecule has 0 amide bonds. The van der Waals surface area contributed by atoms with Crippen molar-refractivity contribution in [3.8, 4) is 39.1 Å². The summed E-state index contributed by atoms with van der Waals surface area (Å²) in [5, 5.41) is 7.56. The molecule has 10 aromatic carbocycles. The number of aromatic nitrogens is 1. The third-order valence-electron chi connectivity index (χ3n) is 11.6. The fourth-order valence-electron chi connectivity index (χ4n) is 8.69. The SMILES string of the molecule is c1ccc2cc(-c3ccc(N(c4ccc(-c5ccc(-c6cccc7ccccc67)cc5)cc4)c4ccc(-n5c6ccccc6c6ccccc65)cc4)cc3)ccc2c1. The van der Waals surface area contributed by atoms with E-state index >= 15 is 0 Å². The van der Waals surface area contributed by atoms with Gasteiger partial charge in [0.05, 0.1) is 11.0 Å². The van der Waals surface area contributed by atoms with E-state index in [0.29, 0.717) is 0 Å². The van der Waals surface area contributed by atoms with Crippen molar-refractivity contribution in [1.82, 2.24) is 4.57 Å². The van der Waals surface area contributed by atoms with Crippen LogP contribution in [0.2, 0.25) is 0 Å². The van der Waals surface area contributed by atoms with Crippen molar-refractivity contribution in [1.29, 1.82) is 0 Å². The smallest absolute Gasteiger partial charge is 0.0541 e. The van der Waals surface area contributed by atoms with Gasteiger partial charge in [0.1, 0.15) is 0 Å². The Morgan fingerprint density at radius 1 is 0.276 bits per heavy atom. The maximum absolute atomic E-state index is 2.37.